The molecule has 5 N–H and O–H groups in total. The van der Waals surface area contributed by atoms with Crippen molar-refractivity contribution in [3.8, 4) is 12.8 Å². The summed E-state index contributed by atoms with van der Waals surface area (Å²) in [5.74, 6) is 0.350. The Labute approximate surface area is 123 Å². The molecule has 7 nitrogen and oxygen atoms in total. The second-order valence-corrected chi connectivity index (χ2v) is 4.40. The molecule has 0 unspecified atom stereocenters. The zero-order chi connectivity index (χ0) is 16.0. The second kappa shape index (κ2) is 7.47. The number of fused-ring (bicyclic) bond motifs is 1. The molecule has 114 valence electrons. The van der Waals surface area contributed by atoms with Crippen molar-refractivity contribution in [2.45, 2.75) is 32.6 Å². The van der Waals surface area contributed by atoms with Gasteiger partial charge in [0.1, 0.15) is 24.0 Å². The summed E-state index contributed by atoms with van der Waals surface area (Å²) in [6.45, 7) is 3.80. The third kappa shape index (κ3) is 3.42. The van der Waals surface area contributed by atoms with Crippen molar-refractivity contribution in [1.29, 1.82) is 0 Å². The van der Waals surface area contributed by atoms with Crippen molar-refractivity contribution >= 4 is 22.5 Å². The van der Waals surface area contributed by atoms with Crippen LogP contribution in [0.25, 0.3) is 11.0 Å². The van der Waals surface area contributed by atoms with Crippen LogP contribution in [0.1, 0.15) is 26.5 Å². The Bertz CT molecular complexity index is 604. The molecule has 7 heteroatoms. The first-order valence-electron chi connectivity index (χ1n) is 6.54. The van der Waals surface area contributed by atoms with Crippen LogP contribution >= 0.6 is 0 Å². The maximum Gasteiger partial charge on any atom is 0.149 e. The third-order valence-electron chi connectivity index (χ3n) is 3.11. The first-order chi connectivity index (χ1) is 10.1. The van der Waals surface area contributed by atoms with Crippen LogP contribution < -0.4 is 11.5 Å². The molecule has 0 saturated carbocycles. The summed E-state index contributed by atoms with van der Waals surface area (Å²) >= 11 is 0. The fraction of sp³-hybridized carbons (Fsp3) is 0.429. The van der Waals surface area contributed by atoms with E-state index in [2.05, 4.69) is 22.8 Å². The van der Waals surface area contributed by atoms with Crippen molar-refractivity contribution in [1.82, 2.24) is 14.5 Å². The molecule has 2 rings (SSSR count). The van der Waals surface area contributed by atoms with Crippen LogP contribution in [0.2, 0.25) is 0 Å². The van der Waals surface area contributed by atoms with Crippen molar-refractivity contribution in [2.75, 3.05) is 18.1 Å². The number of anilines is 2. The van der Waals surface area contributed by atoms with E-state index in [0.717, 1.165) is 6.42 Å². The van der Waals surface area contributed by atoms with Crippen LogP contribution in [-0.4, -0.2) is 32.4 Å². The van der Waals surface area contributed by atoms with E-state index >= 15 is 0 Å². The van der Waals surface area contributed by atoms with Crippen LogP contribution in [0, 0.1) is 12.8 Å². The average molecular weight is 291 g/mol. The maximum atomic E-state index is 9.18. The van der Waals surface area contributed by atoms with Gasteiger partial charge in [0.15, 0.2) is 0 Å². The number of aliphatic hydroxyl groups excluding tert-OH is 1. The topological polar surface area (TPSA) is 112 Å². The zero-order valence-corrected chi connectivity index (χ0v) is 12.2. The molecule has 0 aliphatic rings. The predicted octanol–water partition coefficient (Wildman–Crippen LogP) is 1.15. The van der Waals surface area contributed by atoms with Gasteiger partial charge in [0.2, 0.25) is 0 Å². The van der Waals surface area contributed by atoms with Crippen molar-refractivity contribution < 1.29 is 9.84 Å². The summed E-state index contributed by atoms with van der Waals surface area (Å²) in [6.07, 6.45) is 11.3. The number of terminal acetylenes is 1. The Morgan fingerprint density at radius 1 is 1.38 bits per heavy atom. The van der Waals surface area contributed by atoms with Gasteiger partial charge in [-0.2, -0.15) is 0 Å². The van der Waals surface area contributed by atoms with Crippen LogP contribution in [0.3, 0.4) is 0 Å². The van der Waals surface area contributed by atoms with E-state index in [4.69, 9.17) is 16.2 Å². The number of nitrogens with zero attached hydrogens (tertiary/aromatic N) is 3. The molecule has 0 radical (unpaired) electrons. The quantitative estimate of drug-likeness (QED) is 0.712. The summed E-state index contributed by atoms with van der Waals surface area (Å²) in [4.78, 5) is 8.12. The Morgan fingerprint density at radius 3 is 2.62 bits per heavy atom. The molecule has 0 amide bonds. The van der Waals surface area contributed by atoms with Crippen molar-refractivity contribution in [2.24, 2.45) is 0 Å². The van der Waals surface area contributed by atoms with E-state index in [-0.39, 0.29) is 18.9 Å². The predicted molar refractivity (Wildman–Crippen MR) is 83.2 cm³/mol. The Hall–Kier alpha value is -2.30. The standard InChI is InChI=1S/C12H19N5O2.C2H2/c1-3-8(5-18)19-7(2)17-4-9(13)10-11(14)15-6-16-12(10)17;1-2/h4,6-8,18H,3,5,13H2,1-2H3,(H2,14,15,16);1-2H/t7-,8+;/m1./s1. The molecule has 0 spiro atoms. The van der Waals surface area contributed by atoms with Crippen LogP contribution in [0.15, 0.2) is 12.5 Å². The normalized spacial score (nSPS) is 13.4. The number of hydrogen-bond acceptors (Lipinski definition) is 6. The van der Waals surface area contributed by atoms with Gasteiger partial charge in [0.05, 0.1) is 23.8 Å². The van der Waals surface area contributed by atoms with E-state index in [1.54, 1.807) is 10.8 Å². The molecule has 2 aromatic rings. The molecule has 2 aromatic heterocycles. The van der Waals surface area contributed by atoms with Gasteiger partial charge in [-0.3, -0.25) is 0 Å². The Kier molecular flexibility index (Phi) is 5.96. The van der Waals surface area contributed by atoms with Crippen molar-refractivity contribution in [3.05, 3.63) is 12.5 Å². The number of aromatic nitrogens is 3. The molecular formula is C14H21N5O2. The summed E-state index contributed by atoms with van der Waals surface area (Å²) in [7, 11) is 0. The minimum atomic E-state index is -0.300. The highest BCUT2D eigenvalue weighted by Gasteiger charge is 2.18. The molecule has 0 aliphatic heterocycles. The number of ether oxygens (including phenoxy) is 1. The maximum absolute atomic E-state index is 9.18. The monoisotopic (exact) mass is 291 g/mol. The number of aliphatic hydroxyl groups is 1. The number of hydrogen-bond donors (Lipinski definition) is 3. The van der Waals surface area contributed by atoms with Crippen molar-refractivity contribution in [3.63, 3.8) is 0 Å². The molecule has 0 bridgehead atoms. The molecule has 0 aliphatic carbocycles. The second-order valence-electron chi connectivity index (χ2n) is 4.40. The molecule has 2 atom stereocenters. The Balaban J connectivity index is 0.00000106. The number of nitrogens with two attached hydrogens (primary N) is 2. The average Bonchev–Trinajstić information content (AvgIpc) is 2.85. The largest absolute Gasteiger partial charge is 0.397 e. The van der Waals surface area contributed by atoms with Gasteiger partial charge in [0.25, 0.3) is 0 Å². The lowest BCUT2D eigenvalue weighted by atomic mass is 10.3. The van der Waals surface area contributed by atoms with E-state index in [1.165, 1.54) is 6.33 Å². The van der Waals surface area contributed by atoms with Gasteiger partial charge < -0.3 is 25.9 Å². The molecule has 2 heterocycles. The van der Waals surface area contributed by atoms with Gasteiger partial charge in [-0.25, -0.2) is 9.97 Å². The SMILES string of the molecule is C#C.CC[C@@H](CO)O[C@H](C)n1cc(N)c2c(N)ncnc21. The van der Waals surface area contributed by atoms with Crippen LogP contribution in [0.5, 0.6) is 0 Å². The number of nitrogen functional groups attached to an aromatic ring is 2. The lowest BCUT2D eigenvalue weighted by Gasteiger charge is -2.21. The Morgan fingerprint density at radius 2 is 2.05 bits per heavy atom. The minimum Gasteiger partial charge on any atom is -0.397 e. The lowest BCUT2D eigenvalue weighted by molar-refractivity contribution is -0.0644. The highest BCUT2D eigenvalue weighted by Crippen LogP contribution is 2.29. The van der Waals surface area contributed by atoms with Gasteiger partial charge in [-0.1, -0.05) is 6.92 Å². The highest BCUT2D eigenvalue weighted by atomic mass is 16.5. The van der Waals surface area contributed by atoms with E-state index in [1.807, 2.05) is 13.8 Å². The van der Waals surface area contributed by atoms with E-state index in [9.17, 15) is 5.11 Å². The molecule has 0 saturated heterocycles. The summed E-state index contributed by atoms with van der Waals surface area (Å²) in [5.41, 5.74) is 12.9. The van der Waals surface area contributed by atoms with Gasteiger partial charge >= 0.3 is 0 Å². The fourth-order valence-electron chi connectivity index (χ4n) is 2.03. The molecular weight excluding hydrogens is 270 g/mol. The smallest absolute Gasteiger partial charge is 0.149 e. The van der Waals surface area contributed by atoms with Crippen LogP contribution in [-0.2, 0) is 4.74 Å². The highest BCUT2D eigenvalue weighted by molar-refractivity contribution is 5.97. The fourth-order valence-corrected chi connectivity index (χ4v) is 2.03. The summed E-state index contributed by atoms with van der Waals surface area (Å²) in [5, 5.41) is 9.81. The molecule has 0 fully saturated rings. The van der Waals surface area contributed by atoms with Gasteiger partial charge in [-0.05, 0) is 13.3 Å². The van der Waals surface area contributed by atoms with Gasteiger partial charge in [-0.15, -0.1) is 12.8 Å². The summed E-state index contributed by atoms with van der Waals surface area (Å²) in [6, 6.07) is 0. The zero-order valence-electron chi connectivity index (χ0n) is 12.2. The first-order valence-corrected chi connectivity index (χ1v) is 6.54. The lowest BCUT2D eigenvalue weighted by Crippen LogP contribution is -2.21. The van der Waals surface area contributed by atoms with E-state index < -0.39 is 0 Å². The van der Waals surface area contributed by atoms with Gasteiger partial charge in [0, 0.05) is 6.20 Å². The minimum absolute atomic E-state index is 0.0212. The van der Waals surface area contributed by atoms with Crippen LogP contribution in [0.4, 0.5) is 11.5 Å². The number of rotatable bonds is 5. The summed E-state index contributed by atoms with van der Waals surface area (Å²) < 4.78 is 7.54. The third-order valence-corrected chi connectivity index (χ3v) is 3.11. The molecule has 0 aromatic carbocycles. The van der Waals surface area contributed by atoms with E-state index in [0.29, 0.717) is 22.5 Å². The first kappa shape index (κ1) is 16.8. The molecule has 21 heavy (non-hydrogen) atoms.